The zero-order chi connectivity index (χ0) is 18.1. The van der Waals surface area contributed by atoms with Crippen molar-refractivity contribution in [2.45, 2.75) is 13.5 Å². The van der Waals surface area contributed by atoms with Gasteiger partial charge in [0.25, 0.3) is 5.91 Å². The fourth-order valence-corrected chi connectivity index (χ4v) is 4.00. The predicted molar refractivity (Wildman–Crippen MR) is 98.9 cm³/mol. The Bertz CT molecular complexity index is 1050. The van der Waals surface area contributed by atoms with Crippen LogP contribution in [0.15, 0.2) is 41.4 Å². The van der Waals surface area contributed by atoms with E-state index in [0.717, 1.165) is 10.2 Å². The van der Waals surface area contributed by atoms with Crippen LogP contribution in [0.25, 0.3) is 10.2 Å². The van der Waals surface area contributed by atoms with Gasteiger partial charge in [0.2, 0.25) is 6.79 Å². The van der Waals surface area contributed by atoms with Gasteiger partial charge in [0.1, 0.15) is 0 Å². The van der Waals surface area contributed by atoms with Gasteiger partial charge in [-0.1, -0.05) is 17.4 Å². The maximum absolute atomic E-state index is 12.7. The van der Waals surface area contributed by atoms with Crippen molar-refractivity contribution in [3.63, 3.8) is 0 Å². The number of rotatable bonds is 4. The van der Waals surface area contributed by atoms with Crippen LogP contribution in [0, 0.1) is 6.92 Å². The molecule has 0 fully saturated rings. The lowest BCUT2D eigenvalue weighted by atomic mass is 10.2. The second-order valence-electron chi connectivity index (χ2n) is 5.99. The number of hydrogen-bond acceptors (Lipinski definition) is 5. The van der Waals surface area contributed by atoms with E-state index in [1.165, 1.54) is 16.9 Å². The van der Waals surface area contributed by atoms with E-state index in [9.17, 15) is 4.79 Å². The van der Waals surface area contributed by atoms with Gasteiger partial charge in [0.15, 0.2) is 16.3 Å². The smallest absolute Gasteiger partial charge is 0.279 e. The number of carbonyl (C=O) groups excluding carboxylic acids is 1. The number of nitrogens with zero attached hydrogens (tertiary/aromatic N) is 2. The summed E-state index contributed by atoms with van der Waals surface area (Å²) in [5, 5.41) is 0. The molecule has 2 heterocycles. The largest absolute Gasteiger partial charge is 0.454 e. The van der Waals surface area contributed by atoms with Crippen LogP contribution < -0.4 is 14.3 Å². The first kappa shape index (κ1) is 16.8. The van der Waals surface area contributed by atoms with Crippen molar-refractivity contribution in [3.8, 4) is 11.5 Å². The van der Waals surface area contributed by atoms with Crippen LogP contribution in [0.4, 0.5) is 0 Å². The second-order valence-corrected chi connectivity index (χ2v) is 6.99. The molecule has 134 valence electrons. The first-order chi connectivity index (χ1) is 12.7. The van der Waals surface area contributed by atoms with Gasteiger partial charge < -0.3 is 18.8 Å². The summed E-state index contributed by atoms with van der Waals surface area (Å²) in [6, 6.07) is 11.3. The van der Waals surface area contributed by atoms with Crippen molar-refractivity contribution in [1.29, 1.82) is 0 Å². The molecule has 0 bridgehead atoms. The Balaban J connectivity index is 1.77. The van der Waals surface area contributed by atoms with E-state index < -0.39 is 0 Å². The molecule has 0 atom stereocenters. The fraction of sp³-hybridized carbons (Fsp3) is 0.263. The molecule has 4 rings (SSSR count). The SMILES string of the molecule is COCCn1c(=NC(=O)c2ccc3c(c2)OCO3)sc2cc(C)ccc21. The number of ether oxygens (including phenoxy) is 3. The van der Waals surface area contributed by atoms with Crippen molar-refractivity contribution < 1.29 is 19.0 Å². The molecule has 0 N–H and O–H groups in total. The summed E-state index contributed by atoms with van der Waals surface area (Å²) in [7, 11) is 1.66. The van der Waals surface area contributed by atoms with E-state index in [2.05, 4.69) is 23.2 Å². The van der Waals surface area contributed by atoms with Gasteiger partial charge in [0, 0.05) is 19.2 Å². The highest BCUT2D eigenvalue weighted by molar-refractivity contribution is 7.16. The molecule has 1 amide bonds. The van der Waals surface area contributed by atoms with Crippen LogP contribution in [0.2, 0.25) is 0 Å². The number of thiazole rings is 1. The van der Waals surface area contributed by atoms with Gasteiger partial charge >= 0.3 is 0 Å². The molecule has 7 heteroatoms. The van der Waals surface area contributed by atoms with Crippen LogP contribution in [0.5, 0.6) is 11.5 Å². The lowest BCUT2D eigenvalue weighted by molar-refractivity contribution is 0.0997. The van der Waals surface area contributed by atoms with E-state index in [0.29, 0.717) is 35.0 Å². The highest BCUT2D eigenvalue weighted by Crippen LogP contribution is 2.32. The summed E-state index contributed by atoms with van der Waals surface area (Å²) in [5.74, 6) is 0.914. The van der Waals surface area contributed by atoms with E-state index >= 15 is 0 Å². The van der Waals surface area contributed by atoms with Gasteiger partial charge in [0.05, 0.1) is 16.8 Å². The molecule has 0 saturated heterocycles. The number of benzene rings is 2. The predicted octanol–water partition coefficient (Wildman–Crippen LogP) is 3.13. The van der Waals surface area contributed by atoms with Crippen molar-refractivity contribution >= 4 is 27.5 Å². The number of carbonyl (C=O) groups is 1. The van der Waals surface area contributed by atoms with Crippen LogP contribution in [0.1, 0.15) is 15.9 Å². The molecule has 26 heavy (non-hydrogen) atoms. The maximum Gasteiger partial charge on any atom is 0.279 e. The average molecular weight is 370 g/mol. The lowest BCUT2D eigenvalue weighted by Crippen LogP contribution is -2.19. The molecule has 0 unspecified atom stereocenters. The van der Waals surface area contributed by atoms with Gasteiger partial charge in [-0.2, -0.15) is 4.99 Å². The highest BCUT2D eigenvalue weighted by Gasteiger charge is 2.16. The quantitative estimate of drug-likeness (QED) is 0.708. The van der Waals surface area contributed by atoms with E-state index in [1.807, 2.05) is 11.5 Å². The molecule has 1 aromatic heterocycles. The Morgan fingerprint density at radius 1 is 1.23 bits per heavy atom. The molecule has 0 spiro atoms. The Hall–Kier alpha value is -2.64. The summed E-state index contributed by atoms with van der Waals surface area (Å²) in [6.07, 6.45) is 0. The first-order valence-electron chi connectivity index (χ1n) is 8.23. The third-order valence-corrected chi connectivity index (χ3v) is 5.22. The summed E-state index contributed by atoms with van der Waals surface area (Å²) in [5.41, 5.74) is 2.70. The van der Waals surface area contributed by atoms with Crippen LogP contribution in [0.3, 0.4) is 0 Å². The average Bonchev–Trinajstić information content (AvgIpc) is 3.23. The van der Waals surface area contributed by atoms with Gasteiger partial charge in [-0.15, -0.1) is 0 Å². The third kappa shape index (κ3) is 3.11. The molecule has 1 aliphatic rings. The lowest BCUT2D eigenvalue weighted by Gasteiger charge is -2.04. The van der Waals surface area contributed by atoms with Crippen molar-refractivity contribution in [3.05, 3.63) is 52.3 Å². The Kier molecular flexibility index (Phi) is 4.48. The standard InChI is InChI=1S/C19H18N2O4S/c1-12-3-5-14-17(9-12)26-19(21(14)7-8-23-2)20-18(22)13-4-6-15-16(10-13)25-11-24-15/h3-6,9-10H,7-8,11H2,1-2H3. The number of aromatic nitrogens is 1. The van der Waals surface area contributed by atoms with Crippen LogP contribution in [-0.4, -0.2) is 31.0 Å². The monoisotopic (exact) mass is 370 g/mol. The molecular weight excluding hydrogens is 352 g/mol. The van der Waals surface area contributed by atoms with Crippen molar-refractivity contribution in [1.82, 2.24) is 4.57 Å². The van der Waals surface area contributed by atoms with E-state index in [4.69, 9.17) is 14.2 Å². The molecular formula is C19H18N2O4S. The van der Waals surface area contributed by atoms with Crippen molar-refractivity contribution in [2.75, 3.05) is 20.5 Å². The number of hydrogen-bond donors (Lipinski definition) is 0. The maximum atomic E-state index is 12.7. The molecule has 3 aromatic rings. The van der Waals surface area contributed by atoms with E-state index in [1.54, 1.807) is 25.3 Å². The van der Waals surface area contributed by atoms with Gasteiger partial charge in [-0.3, -0.25) is 4.79 Å². The molecule has 2 aromatic carbocycles. The Morgan fingerprint density at radius 3 is 2.92 bits per heavy atom. The molecule has 0 saturated carbocycles. The van der Waals surface area contributed by atoms with Gasteiger partial charge in [-0.25, -0.2) is 0 Å². The summed E-state index contributed by atoms with van der Waals surface area (Å²) < 4.78 is 19.0. The zero-order valence-corrected chi connectivity index (χ0v) is 15.3. The Morgan fingerprint density at radius 2 is 2.08 bits per heavy atom. The molecule has 0 aliphatic carbocycles. The highest BCUT2D eigenvalue weighted by atomic mass is 32.1. The molecule has 6 nitrogen and oxygen atoms in total. The molecule has 1 aliphatic heterocycles. The number of amides is 1. The second kappa shape index (κ2) is 6.93. The minimum atomic E-state index is -0.308. The van der Waals surface area contributed by atoms with Gasteiger partial charge in [-0.05, 0) is 42.8 Å². The third-order valence-electron chi connectivity index (χ3n) is 4.17. The molecule has 0 radical (unpaired) electrons. The number of fused-ring (bicyclic) bond motifs is 2. The van der Waals surface area contributed by atoms with Crippen molar-refractivity contribution in [2.24, 2.45) is 4.99 Å². The Labute approximate surface area is 154 Å². The summed E-state index contributed by atoms with van der Waals surface area (Å²) in [4.78, 5) is 17.7. The minimum absolute atomic E-state index is 0.177. The number of methoxy groups -OCH3 is 1. The fourth-order valence-electron chi connectivity index (χ4n) is 2.85. The summed E-state index contributed by atoms with van der Waals surface area (Å²) in [6.45, 7) is 3.40. The first-order valence-corrected chi connectivity index (χ1v) is 9.05. The van der Waals surface area contributed by atoms with Crippen LogP contribution in [-0.2, 0) is 11.3 Å². The van der Waals surface area contributed by atoms with E-state index in [-0.39, 0.29) is 12.7 Å². The zero-order valence-electron chi connectivity index (χ0n) is 14.5. The minimum Gasteiger partial charge on any atom is -0.454 e. The van der Waals surface area contributed by atoms with Crippen LogP contribution >= 0.6 is 11.3 Å². The summed E-state index contributed by atoms with van der Waals surface area (Å²) >= 11 is 1.50. The topological polar surface area (TPSA) is 62.1 Å². The number of aryl methyl sites for hydroxylation is 1. The normalized spacial score (nSPS) is 13.5.